The van der Waals surface area contributed by atoms with Crippen LogP contribution in [0.3, 0.4) is 0 Å². The smallest absolute Gasteiger partial charge is 0.242 e. The van der Waals surface area contributed by atoms with Crippen molar-refractivity contribution in [3.05, 3.63) is 0 Å². The Bertz CT molecular complexity index is 217. The molecule has 0 saturated heterocycles. The predicted octanol–water partition coefficient (Wildman–Crippen LogP) is -0.388. The Hall–Kier alpha value is -1.10. The van der Waals surface area contributed by atoms with Crippen molar-refractivity contribution in [1.29, 1.82) is 0 Å². The Kier molecular flexibility index (Phi) is 6.70. The normalized spacial score (nSPS) is 12.3. The van der Waals surface area contributed by atoms with E-state index in [2.05, 4.69) is 10.6 Å². The highest BCUT2D eigenvalue weighted by Gasteiger charge is 2.14. The first kappa shape index (κ1) is 13.9. The molecule has 4 N–H and O–H groups in total. The molecule has 0 saturated carbocycles. The molecule has 0 aliphatic rings. The Morgan fingerprint density at radius 1 is 1.27 bits per heavy atom. The summed E-state index contributed by atoms with van der Waals surface area (Å²) in [6.45, 7) is 6.60. The van der Waals surface area contributed by atoms with Crippen LogP contribution in [0.25, 0.3) is 0 Å². The first-order chi connectivity index (χ1) is 6.97. The molecule has 0 aromatic rings. The maximum Gasteiger partial charge on any atom is 0.242 e. The zero-order valence-corrected chi connectivity index (χ0v) is 9.67. The standard InChI is InChI=1S/C10H21N3O2/c1-7(2)6-12-10(15)8(3)13-9(14)4-5-11/h7-8H,4-6,11H2,1-3H3,(H,12,15)(H,13,14). The fourth-order valence-corrected chi connectivity index (χ4v) is 0.968. The third kappa shape index (κ3) is 6.90. The Morgan fingerprint density at radius 3 is 2.33 bits per heavy atom. The van der Waals surface area contributed by atoms with Crippen LogP contribution in [0.2, 0.25) is 0 Å². The van der Waals surface area contributed by atoms with Crippen LogP contribution >= 0.6 is 0 Å². The van der Waals surface area contributed by atoms with Crippen LogP contribution < -0.4 is 16.4 Å². The van der Waals surface area contributed by atoms with Crippen LogP contribution in [0, 0.1) is 5.92 Å². The van der Waals surface area contributed by atoms with Crippen molar-refractivity contribution in [3.63, 3.8) is 0 Å². The minimum atomic E-state index is -0.497. The molecule has 0 aromatic heterocycles. The lowest BCUT2D eigenvalue weighted by Gasteiger charge is -2.14. The zero-order chi connectivity index (χ0) is 11.8. The summed E-state index contributed by atoms with van der Waals surface area (Å²) in [6.07, 6.45) is 0.252. The third-order valence-corrected chi connectivity index (χ3v) is 1.83. The van der Waals surface area contributed by atoms with Gasteiger partial charge in [0.15, 0.2) is 0 Å². The second-order valence-electron chi connectivity index (χ2n) is 3.97. The zero-order valence-electron chi connectivity index (χ0n) is 9.67. The van der Waals surface area contributed by atoms with Gasteiger partial charge in [0.1, 0.15) is 6.04 Å². The molecule has 1 atom stereocenters. The summed E-state index contributed by atoms with van der Waals surface area (Å²) in [5.74, 6) is 0.0552. The monoisotopic (exact) mass is 215 g/mol. The van der Waals surface area contributed by atoms with E-state index in [1.807, 2.05) is 13.8 Å². The number of nitrogens with two attached hydrogens (primary N) is 1. The molecular weight excluding hydrogens is 194 g/mol. The van der Waals surface area contributed by atoms with Gasteiger partial charge in [0, 0.05) is 19.5 Å². The molecule has 5 heteroatoms. The number of amides is 2. The average Bonchev–Trinajstić information content (AvgIpc) is 2.14. The molecule has 0 aliphatic carbocycles. The molecule has 15 heavy (non-hydrogen) atoms. The van der Waals surface area contributed by atoms with Crippen LogP contribution in [-0.4, -0.2) is 30.9 Å². The van der Waals surface area contributed by atoms with E-state index in [1.165, 1.54) is 0 Å². The number of rotatable bonds is 6. The highest BCUT2D eigenvalue weighted by Crippen LogP contribution is 1.89. The van der Waals surface area contributed by atoms with Crippen molar-refractivity contribution in [2.75, 3.05) is 13.1 Å². The largest absolute Gasteiger partial charge is 0.354 e. The van der Waals surface area contributed by atoms with Gasteiger partial charge in [-0.1, -0.05) is 13.8 Å². The molecule has 0 bridgehead atoms. The topological polar surface area (TPSA) is 84.2 Å². The first-order valence-electron chi connectivity index (χ1n) is 5.24. The Morgan fingerprint density at radius 2 is 1.87 bits per heavy atom. The van der Waals surface area contributed by atoms with Crippen LogP contribution in [0.1, 0.15) is 27.2 Å². The van der Waals surface area contributed by atoms with Gasteiger partial charge in [-0.05, 0) is 12.8 Å². The SMILES string of the molecule is CC(C)CNC(=O)C(C)NC(=O)CCN. The van der Waals surface area contributed by atoms with Gasteiger partial charge >= 0.3 is 0 Å². The lowest BCUT2D eigenvalue weighted by atomic mass is 10.2. The van der Waals surface area contributed by atoms with Crippen LogP contribution in [0.5, 0.6) is 0 Å². The van der Waals surface area contributed by atoms with E-state index in [9.17, 15) is 9.59 Å². The molecule has 1 unspecified atom stereocenters. The lowest BCUT2D eigenvalue weighted by Crippen LogP contribution is -2.45. The minimum absolute atomic E-state index is 0.158. The quantitative estimate of drug-likeness (QED) is 0.564. The Balaban J connectivity index is 3.83. The van der Waals surface area contributed by atoms with Crippen molar-refractivity contribution in [3.8, 4) is 0 Å². The second-order valence-corrected chi connectivity index (χ2v) is 3.97. The van der Waals surface area contributed by atoms with Crippen molar-refractivity contribution in [2.45, 2.75) is 33.2 Å². The van der Waals surface area contributed by atoms with E-state index < -0.39 is 6.04 Å². The molecule has 0 radical (unpaired) electrons. The van der Waals surface area contributed by atoms with E-state index in [1.54, 1.807) is 6.92 Å². The maximum atomic E-state index is 11.4. The number of hydrogen-bond acceptors (Lipinski definition) is 3. The van der Waals surface area contributed by atoms with Gasteiger partial charge in [-0.3, -0.25) is 9.59 Å². The number of carbonyl (C=O) groups is 2. The summed E-state index contributed by atoms with van der Waals surface area (Å²) in [4.78, 5) is 22.6. The highest BCUT2D eigenvalue weighted by molar-refractivity contribution is 5.87. The summed E-state index contributed by atoms with van der Waals surface area (Å²) in [6, 6.07) is -0.497. The van der Waals surface area contributed by atoms with Gasteiger partial charge in [0.25, 0.3) is 0 Å². The fourth-order valence-electron chi connectivity index (χ4n) is 0.968. The van der Waals surface area contributed by atoms with Crippen molar-refractivity contribution >= 4 is 11.8 Å². The van der Waals surface area contributed by atoms with Gasteiger partial charge in [0.2, 0.25) is 11.8 Å². The van der Waals surface area contributed by atoms with Crippen LogP contribution in [0.15, 0.2) is 0 Å². The van der Waals surface area contributed by atoms with Gasteiger partial charge in [-0.15, -0.1) is 0 Å². The highest BCUT2D eigenvalue weighted by atomic mass is 16.2. The molecule has 0 heterocycles. The van der Waals surface area contributed by atoms with Crippen LogP contribution in [-0.2, 0) is 9.59 Å². The van der Waals surface area contributed by atoms with E-state index in [-0.39, 0.29) is 18.2 Å². The van der Waals surface area contributed by atoms with Crippen LogP contribution in [0.4, 0.5) is 0 Å². The Labute approximate surface area is 90.8 Å². The fraction of sp³-hybridized carbons (Fsp3) is 0.800. The molecule has 0 spiro atoms. The number of nitrogens with one attached hydrogen (secondary N) is 2. The summed E-state index contributed by atoms with van der Waals surface area (Å²) in [5, 5.41) is 5.32. The van der Waals surface area contributed by atoms with E-state index in [0.29, 0.717) is 19.0 Å². The lowest BCUT2D eigenvalue weighted by molar-refractivity contribution is -0.128. The minimum Gasteiger partial charge on any atom is -0.354 e. The number of hydrogen-bond donors (Lipinski definition) is 3. The van der Waals surface area contributed by atoms with Crippen molar-refractivity contribution < 1.29 is 9.59 Å². The summed E-state index contributed by atoms with van der Waals surface area (Å²) in [5.41, 5.74) is 5.22. The third-order valence-electron chi connectivity index (χ3n) is 1.83. The van der Waals surface area contributed by atoms with E-state index in [0.717, 1.165) is 0 Å². The molecule has 0 aliphatic heterocycles. The molecule has 0 aromatic carbocycles. The summed E-state index contributed by atoms with van der Waals surface area (Å²) < 4.78 is 0. The molecule has 0 rings (SSSR count). The van der Waals surface area contributed by atoms with Gasteiger partial charge in [-0.25, -0.2) is 0 Å². The van der Waals surface area contributed by atoms with Crippen molar-refractivity contribution in [1.82, 2.24) is 10.6 Å². The van der Waals surface area contributed by atoms with E-state index >= 15 is 0 Å². The second kappa shape index (κ2) is 7.23. The molecule has 2 amide bonds. The molecular formula is C10H21N3O2. The predicted molar refractivity (Wildman–Crippen MR) is 59.1 cm³/mol. The van der Waals surface area contributed by atoms with Gasteiger partial charge in [0.05, 0.1) is 0 Å². The summed E-state index contributed by atoms with van der Waals surface area (Å²) in [7, 11) is 0. The van der Waals surface area contributed by atoms with Gasteiger partial charge in [-0.2, -0.15) is 0 Å². The summed E-state index contributed by atoms with van der Waals surface area (Å²) >= 11 is 0. The van der Waals surface area contributed by atoms with Crippen molar-refractivity contribution in [2.24, 2.45) is 11.7 Å². The molecule has 0 fully saturated rings. The number of carbonyl (C=O) groups excluding carboxylic acids is 2. The van der Waals surface area contributed by atoms with E-state index in [4.69, 9.17) is 5.73 Å². The molecule has 5 nitrogen and oxygen atoms in total. The first-order valence-corrected chi connectivity index (χ1v) is 5.24. The average molecular weight is 215 g/mol. The van der Waals surface area contributed by atoms with Gasteiger partial charge < -0.3 is 16.4 Å². The molecule has 88 valence electrons. The maximum absolute atomic E-state index is 11.4.